The van der Waals surface area contributed by atoms with Crippen molar-refractivity contribution in [1.82, 2.24) is 15.1 Å². The van der Waals surface area contributed by atoms with Crippen molar-refractivity contribution in [1.29, 1.82) is 0 Å². The van der Waals surface area contributed by atoms with Gasteiger partial charge >= 0.3 is 0 Å². The summed E-state index contributed by atoms with van der Waals surface area (Å²) in [6.45, 7) is 7.17. The lowest BCUT2D eigenvalue weighted by Gasteiger charge is -2.12. The maximum atomic E-state index is 13.3. The zero-order valence-electron chi connectivity index (χ0n) is 18.1. The number of nitrogens with zero attached hydrogens (tertiary/aromatic N) is 3. The number of rotatable bonds is 5. The molecule has 2 aromatic carbocycles. The molecule has 4 rings (SSSR count). The molecule has 0 radical (unpaired) electrons. The smallest absolute Gasteiger partial charge is 0.258 e. The van der Waals surface area contributed by atoms with Crippen LogP contribution in [0.2, 0.25) is 0 Å². The van der Waals surface area contributed by atoms with Crippen LogP contribution in [-0.2, 0) is 13.1 Å². The molecule has 0 saturated carbocycles. The number of amides is 1. The summed E-state index contributed by atoms with van der Waals surface area (Å²) in [5, 5.41) is 10.4. The molecule has 1 aliphatic rings. The second kappa shape index (κ2) is 9.09. The van der Waals surface area contributed by atoms with Crippen LogP contribution in [0, 0.1) is 19.7 Å². The van der Waals surface area contributed by atoms with Crippen molar-refractivity contribution in [3.8, 4) is 11.5 Å². The molecule has 166 valence electrons. The van der Waals surface area contributed by atoms with Crippen molar-refractivity contribution in [3.05, 3.63) is 70.8 Å². The fraction of sp³-hybridized carbons (Fsp3) is 0.261. The van der Waals surface area contributed by atoms with Crippen LogP contribution in [0.15, 0.2) is 47.5 Å². The third-order valence-corrected chi connectivity index (χ3v) is 5.20. The first-order valence-corrected chi connectivity index (χ1v) is 10.3. The van der Waals surface area contributed by atoms with Crippen molar-refractivity contribution in [2.24, 2.45) is 4.99 Å². The number of carbonyl (C=O) groups is 1. The predicted molar refractivity (Wildman–Crippen MR) is 119 cm³/mol. The van der Waals surface area contributed by atoms with E-state index in [1.165, 1.54) is 12.1 Å². The highest BCUT2D eigenvalue weighted by molar-refractivity contribution is 6.10. The SMILES string of the molecule is CCn1nc(C)c(CN=C(NC(=O)c2ccc3c(c2)OCO3)Nc2ccc(F)cc2)c1C. The second-order valence-electron chi connectivity index (χ2n) is 7.28. The molecule has 0 unspecified atom stereocenters. The first-order valence-electron chi connectivity index (χ1n) is 10.3. The molecule has 0 saturated heterocycles. The summed E-state index contributed by atoms with van der Waals surface area (Å²) in [6.07, 6.45) is 0. The van der Waals surface area contributed by atoms with Crippen molar-refractivity contribution >= 4 is 17.6 Å². The summed E-state index contributed by atoms with van der Waals surface area (Å²) < 4.78 is 25.9. The first-order chi connectivity index (χ1) is 15.4. The zero-order valence-corrected chi connectivity index (χ0v) is 18.1. The number of aryl methyl sites for hydroxylation is 2. The Bertz CT molecular complexity index is 1170. The minimum Gasteiger partial charge on any atom is -0.454 e. The van der Waals surface area contributed by atoms with Gasteiger partial charge in [0.05, 0.1) is 12.2 Å². The Balaban J connectivity index is 1.58. The average molecular weight is 437 g/mol. The minimum atomic E-state index is -0.366. The van der Waals surface area contributed by atoms with Crippen molar-refractivity contribution in [2.45, 2.75) is 33.9 Å². The topological polar surface area (TPSA) is 89.8 Å². The van der Waals surface area contributed by atoms with Gasteiger partial charge in [0.2, 0.25) is 12.8 Å². The van der Waals surface area contributed by atoms with E-state index >= 15 is 0 Å². The highest BCUT2D eigenvalue weighted by Crippen LogP contribution is 2.32. The molecule has 8 nitrogen and oxygen atoms in total. The highest BCUT2D eigenvalue weighted by atomic mass is 19.1. The molecule has 1 aromatic heterocycles. The number of carbonyl (C=O) groups excluding carboxylic acids is 1. The van der Waals surface area contributed by atoms with E-state index in [1.807, 2.05) is 25.5 Å². The summed E-state index contributed by atoms with van der Waals surface area (Å²) in [4.78, 5) is 17.5. The van der Waals surface area contributed by atoms with Crippen LogP contribution in [0.3, 0.4) is 0 Å². The van der Waals surface area contributed by atoms with E-state index in [0.29, 0.717) is 29.3 Å². The molecule has 2 heterocycles. The fourth-order valence-electron chi connectivity index (χ4n) is 3.43. The van der Waals surface area contributed by atoms with E-state index in [0.717, 1.165) is 23.5 Å². The van der Waals surface area contributed by atoms with Gasteiger partial charge in [-0.05, 0) is 63.2 Å². The van der Waals surface area contributed by atoms with Gasteiger partial charge in [-0.15, -0.1) is 0 Å². The third kappa shape index (κ3) is 4.56. The lowest BCUT2D eigenvalue weighted by molar-refractivity contribution is 0.0976. The van der Waals surface area contributed by atoms with Crippen LogP contribution in [-0.4, -0.2) is 28.4 Å². The summed E-state index contributed by atoms with van der Waals surface area (Å²) in [6, 6.07) is 10.8. The van der Waals surface area contributed by atoms with Crippen LogP contribution in [0.5, 0.6) is 11.5 Å². The van der Waals surface area contributed by atoms with Gasteiger partial charge in [0.1, 0.15) is 5.82 Å². The average Bonchev–Trinajstić information content (AvgIpc) is 3.36. The van der Waals surface area contributed by atoms with E-state index in [2.05, 4.69) is 20.7 Å². The summed E-state index contributed by atoms with van der Waals surface area (Å²) in [5.74, 6) is 0.632. The van der Waals surface area contributed by atoms with Crippen LogP contribution in [0.4, 0.5) is 10.1 Å². The van der Waals surface area contributed by atoms with Gasteiger partial charge < -0.3 is 14.8 Å². The summed E-state index contributed by atoms with van der Waals surface area (Å²) in [7, 11) is 0. The minimum absolute atomic E-state index is 0.128. The Morgan fingerprint density at radius 2 is 1.91 bits per heavy atom. The number of anilines is 1. The maximum Gasteiger partial charge on any atom is 0.258 e. The number of benzene rings is 2. The third-order valence-electron chi connectivity index (χ3n) is 5.20. The first kappa shape index (κ1) is 21.4. The number of hydrogen-bond acceptors (Lipinski definition) is 5. The Morgan fingerprint density at radius 1 is 1.16 bits per heavy atom. The number of guanidine groups is 1. The molecule has 0 bridgehead atoms. The lowest BCUT2D eigenvalue weighted by Crippen LogP contribution is -2.36. The number of aromatic nitrogens is 2. The Morgan fingerprint density at radius 3 is 2.62 bits per heavy atom. The van der Waals surface area contributed by atoms with Gasteiger partial charge in [0.15, 0.2) is 11.5 Å². The van der Waals surface area contributed by atoms with Gasteiger partial charge in [-0.25, -0.2) is 9.38 Å². The summed E-state index contributed by atoms with van der Waals surface area (Å²) in [5.41, 5.74) is 3.89. The van der Waals surface area contributed by atoms with Crippen molar-refractivity contribution in [2.75, 3.05) is 12.1 Å². The van der Waals surface area contributed by atoms with Crippen LogP contribution >= 0.6 is 0 Å². The number of aliphatic imine (C=N–C) groups is 1. The predicted octanol–water partition coefficient (Wildman–Crippen LogP) is 3.79. The van der Waals surface area contributed by atoms with E-state index in [1.54, 1.807) is 30.3 Å². The van der Waals surface area contributed by atoms with Crippen LogP contribution in [0.1, 0.15) is 34.2 Å². The standard InChI is InChI=1S/C23H24FN5O3/c1-4-29-15(3)19(14(2)28-29)12-25-23(26-18-8-6-17(24)7-9-18)27-22(30)16-5-10-20-21(11-16)32-13-31-20/h5-11H,4,12-13H2,1-3H3,(H2,25,26,27,30). The highest BCUT2D eigenvalue weighted by Gasteiger charge is 2.18. The molecule has 1 amide bonds. The van der Waals surface area contributed by atoms with E-state index < -0.39 is 0 Å². The Kier molecular flexibility index (Phi) is 6.07. The van der Waals surface area contributed by atoms with Gasteiger partial charge in [-0.3, -0.25) is 14.8 Å². The molecule has 0 fully saturated rings. The van der Waals surface area contributed by atoms with Gasteiger partial charge in [0.25, 0.3) is 5.91 Å². The molecular weight excluding hydrogens is 413 g/mol. The van der Waals surface area contributed by atoms with Gasteiger partial charge in [0, 0.05) is 29.1 Å². The molecule has 0 aliphatic carbocycles. The van der Waals surface area contributed by atoms with Crippen LogP contribution < -0.4 is 20.1 Å². The quantitative estimate of drug-likeness (QED) is 0.468. The lowest BCUT2D eigenvalue weighted by atomic mass is 10.2. The Hall–Kier alpha value is -3.88. The van der Waals surface area contributed by atoms with Crippen molar-refractivity contribution < 1.29 is 18.7 Å². The second-order valence-corrected chi connectivity index (χ2v) is 7.28. The molecule has 0 spiro atoms. The summed E-state index contributed by atoms with van der Waals surface area (Å²) >= 11 is 0. The molecule has 9 heteroatoms. The fourth-order valence-corrected chi connectivity index (χ4v) is 3.43. The molecule has 2 N–H and O–H groups in total. The van der Waals surface area contributed by atoms with Crippen molar-refractivity contribution in [3.63, 3.8) is 0 Å². The molecule has 1 aliphatic heterocycles. The van der Waals surface area contributed by atoms with E-state index in [9.17, 15) is 9.18 Å². The molecule has 0 atom stereocenters. The zero-order chi connectivity index (χ0) is 22.7. The number of fused-ring (bicyclic) bond motifs is 1. The molecular formula is C23H24FN5O3. The molecule has 32 heavy (non-hydrogen) atoms. The van der Waals surface area contributed by atoms with E-state index in [-0.39, 0.29) is 24.5 Å². The number of nitrogens with one attached hydrogen (secondary N) is 2. The largest absolute Gasteiger partial charge is 0.454 e. The van der Waals surface area contributed by atoms with Gasteiger partial charge in [-0.2, -0.15) is 5.10 Å². The molecule has 3 aromatic rings. The van der Waals surface area contributed by atoms with E-state index in [4.69, 9.17) is 9.47 Å². The Labute approximate surface area is 185 Å². The number of ether oxygens (including phenoxy) is 2. The normalized spacial score (nSPS) is 12.7. The maximum absolute atomic E-state index is 13.3. The van der Waals surface area contributed by atoms with Crippen LogP contribution in [0.25, 0.3) is 0 Å². The monoisotopic (exact) mass is 437 g/mol. The van der Waals surface area contributed by atoms with Gasteiger partial charge in [-0.1, -0.05) is 0 Å². The number of halogens is 1. The number of hydrogen-bond donors (Lipinski definition) is 2.